The van der Waals surface area contributed by atoms with Crippen LogP contribution in [0, 0.1) is 0 Å². The van der Waals surface area contributed by atoms with Crippen molar-refractivity contribution in [2.75, 3.05) is 51.0 Å². The molecule has 3 rings (SSSR count). The number of likely N-dealkylation sites (tertiary alicyclic amines) is 1. The van der Waals surface area contributed by atoms with Gasteiger partial charge in [0.15, 0.2) is 11.5 Å². The first-order valence-corrected chi connectivity index (χ1v) is 9.17. The third-order valence-electron chi connectivity index (χ3n) is 4.43. The number of aliphatic hydroxyl groups is 1. The van der Waals surface area contributed by atoms with Crippen molar-refractivity contribution in [1.29, 1.82) is 0 Å². The molecule has 0 aliphatic carbocycles. The maximum atomic E-state index is 10.2. The van der Waals surface area contributed by atoms with E-state index in [4.69, 9.17) is 9.47 Å². The van der Waals surface area contributed by atoms with Crippen LogP contribution < -0.4 is 20.1 Å². The summed E-state index contributed by atoms with van der Waals surface area (Å²) in [6.45, 7) is 2.93. The van der Waals surface area contributed by atoms with Crippen molar-refractivity contribution in [3.8, 4) is 11.5 Å². The number of hydrogen-bond donors (Lipinski definition) is 3. The molecule has 8 heteroatoms. The van der Waals surface area contributed by atoms with Gasteiger partial charge in [0.2, 0.25) is 5.95 Å². The van der Waals surface area contributed by atoms with E-state index in [-0.39, 0.29) is 6.61 Å². The minimum atomic E-state index is -0.542. The van der Waals surface area contributed by atoms with Crippen LogP contribution in [0.3, 0.4) is 0 Å². The molecule has 1 fully saturated rings. The Morgan fingerprint density at radius 2 is 2.04 bits per heavy atom. The van der Waals surface area contributed by atoms with Gasteiger partial charge in [0, 0.05) is 31.5 Å². The number of aliphatic hydroxyl groups excluding tert-OH is 1. The van der Waals surface area contributed by atoms with Crippen LogP contribution in [0.1, 0.15) is 12.8 Å². The SMILES string of the molecule is CNc1ccnc(Nc2ccc(OC)c(OCC(O)CN3CCCC3)c2)n1. The van der Waals surface area contributed by atoms with Crippen LogP contribution in [0.15, 0.2) is 30.5 Å². The average molecular weight is 373 g/mol. The molecule has 3 N–H and O–H groups in total. The quantitative estimate of drug-likeness (QED) is 0.616. The number of anilines is 3. The highest BCUT2D eigenvalue weighted by Gasteiger charge is 2.17. The summed E-state index contributed by atoms with van der Waals surface area (Å²) in [7, 11) is 3.40. The third-order valence-corrected chi connectivity index (χ3v) is 4.43. The molecule has 146 valence electrons. The molecule has 1 aromatic heterocycles. The lowest BCUT2D eigenvalue weighted by Gasteiger charge is -2.20. The number of methoxy groups -OCH3 is 1. The second kappa shape index (κ2) is 9.38. The molecule has 8 nitrogen and oxygen atoms in total. The van der Waals surface area contributed by atoms with E-state index in [2.05, 4.69) is 25.5 Å². The maximum absolute atomic E-state index is 10.2. The number of rotatable bonds is 9. The normalized spacial score (nSPS) is 15.4. The molecule has 0 bridgehead atoms. The summed E-state index contributed by atoms with van der Waals surface area (Å²) in [6.07, 6.45) is 3.54. The third kappa shape index (κ3) is 5.45. The van der Waals surface area contributed by atoms with Crippen LogP contribution in [0.2, 0.25) is 0 Å². The minimum Gasteiger partial charge on any atom is -0.493 e. The van der Waals surface area contributed by atoms with Gasteiger partial charge in [-0.25, -0.2) is 4.98 Å². The van der Waals surface area contributed by atoms with Gasteiger partial charge in [-0.1, -0.05) is 0 Å². The minimum absolute atomic E-state index is 0.210. The summed E-state index contributed by atoms with van der Waals surface area (Å²) in [4.78, 5) is 10.8. The molecular weight excluding hydrogens is 346 g/mol. The van der Waals surface area contributed by atoms with Gasteiger partial charge in [-0.05, 0) is 44.1 Å². The Morgan fingerprint density at radius 3 is 2.78 bits per heavy atom. The molecule has 1 saturated heterocycles. The maximum Gasteiger partial charge on any atom is 0.229 e. The number of nitrogens with one attached hydrogen (secondary N) is 2. The fourth-order valence-electron chi connectivity index (χ4n) is 3.06. The van der Waals surface area contributed by atoms with E-state index in [1.807, 2.05) is 18.2 Å². The standard InChI is InChI=1S/C19H27N5O3/c1-20-18-7-8-21-19(23-18)22-14-5-6-16(26-2)17(11-14)27-13-15(25)12-24-9-3-4-10-24/h5-8,11,15,25H,3-4,9-10,12-13H2,1-2H3,(H2,20,21,22,23). The predicted molar refractivity (Wildman–Crippen MR) is 105 cm³/mol. The van der Waals surface area contributed by atoms with Gasteiger partial charge >= 0.3 is 0 Å². The lowest BCUT2D eigenvalue weighted by molar-refractivity contribution is 0.0747. The largest absolute Gasteiger partial charge is 0.493 e. The van der Waals surface area contributed by atoms with Crippen LogP contribution in [-0.2, 0) is 0 Å². The van der Waals surface area contributed by atoms with Crippen molar-refractivity contribution in [3.05, 3.63) is 30.5 Å². The van der Waals surface area contributed by atoms with Crippen LogP contribution in [0.25, 0.3) is 0 Å². The zero-order valence-corrected chi connectivity index (χ0v) is 15.8. The van der Waals surface area contributed by atoms with E-state index >= 15 is 0 Å². The fraction of sp³-hybridized carbons (Fsp3) is 0.474. The van der Waals surface area contributed by atoms with Crippen molar-refractivity contribution in [2.24, 2.45) is 0 Å². The molecule has 0 spiro atoms. The Bertz CT molecular complexity index is 737. The van der Waals surface area contributed by atoms with E-state index < -0.39 is 6.10 Å². The topological polar surface area (TPSA) is 91.8 Å². The number of benzene rings is 1. The fourth-order valence-corrected chi connectivity index (χ4v) is 3.06. The van der Waals surface area contributed by atoms with E-state index in [0.717, 1.165) is 24.6 Å². The van der Waals surface area contributed by atoms with Gasteiger partial charge in [-0.3, -0.25) is 0 Å². The van der Waals surface area contributed by atoms with E-state index in [1.54, 1.807) is 26.4 Å². The van der Waals surface area contributed by atoms with Crippen LogP contribution in [-0.4, -0.2) is 66.5 Å². The molecule has 1 aliphatic heterocycles. The first-order chi connectivity index (χ1) is 13.2. The van der Waals surface area contributed by atoms with Crippen LogP contribution in [0.5, 0.6) is 11.5 Å². The van der Waals surface area contributed by atoms with Crippen molar-refractivity contribution in [1.82, 2.24) is 14.9 Å². The first-order valence-electron chi connectivity index (χ1n) is 9.17. The van der Waals surface area contributed by atoms with Crippen molar-refractivity contribution < 1.29 is 14.6 Å². The van der Waals surface area contributed by atoms with Gasteiger partial charge in [0.1, 0.15) is 18.5 Å². The Balaban J connectivity index is 1.63. The summed E-state index contributed by atoms with van der Waals surface area (Å²) in [5.41, 5.74) is 0.771. The highest BCUT2D eigenvalue weighted by molar-refractivity contribution is 5.60. The molecule has 1 aliphatic rings. The molecule has 27 heavy (non-hydrogen) atoms. The summed E-state index contributed by atoms with van der Waals surface area (Å²) in [5, 5.41) is 16.4. The molecular formula is C19H27N5O3. The Hall–Kier alpha value is -2.58. The average Bonchev–Trinajstić information content (AvgIpc) is 3.19. The Labute approximate surface area is 159 Å². The van der Waals surface area contributed by atoms with Crippen molar-refractivity contribution in [2.45, 2.75) is 18.9 Å². The summed E-state index contributed by atoms with van der Waals surface area (Å²) in [5.74, 6) is 2.38. The molecule has 0 amide bonds. The van der Waals surface area contributed by atoms with Crippen LogP contribution in [0.4, 0.5) is 17.5 Å². The molecule has 0 saturated carbocycles. The molecule has 2 aromatic rings. The Kier molecular flexibility index (Phi) is 6.67. The lowest BCUT2D eigenvalue weighted by Crippen LogP contribution is -2.33. The molecule has 1 atom stereocenters. The predicted octanol–water partition coefficient (Wildman–Crippen LogP) is 2.11. The van der Waals surface area contributed by atoms with Gasteiger partial charge in [-0.2, -0.15) is 4.98 Å². The van der Waals surface area contributed by atoms with Gasteiger partial charge in [0.25, 0.3) is 0 Å². The molecule has 0 radical (unpaired) electrons. The summed E-state index contributed by atoms with van der Waals surface area (Å²) >= 11 is 0. The molecule has 1 aromatic carbocycles. The van der Waals surface area contributed by atoms with Gasteiger partial charge in [0.05, 0.1) is 7.11 Å². The molecule has 1 unspecified atom stereocenters. The monoisotopic (exact) mass is 373 g/mol. The van der Waals surface area contributed by atoms with Gasteiger partial charge in [-0.15, -0.1) is 0 Å². The number of ether oxygens (including phenoxy) is 2. The number of β-amino-alcohol motifs (C(OH)–C–C–N with tert-alkyl or cyclic N) is 1. The van der Waals surface area contributed by atoms with E-state index in [0.29, 0.717) is 24.0 Å². The van der Waals surface area contributed by atoms with Crippen LogP contribution >= 0.6 is 0 Å². The first kappa shape index (κ1) is 19.2. The summed E-state index contributed by atoms with van der Waals surface area (Å²) in [6, 6.07) is 7.28. The molecule has 2 heterocycles. The van der Waals surface area contributed by atoms with Crippen molar-refractivity contribution in [3.63, 3.8) is 0 Å². The highest BCUT2D eigenvalue weighted by atomic mass is 16.5. The number of nitrogens with zero attached hydrogens (tertiary/aromatic N) is 3. The van der Waals surface area contributed by atoms with E-state index in [9.17, 15) is 5.11 Å². The second-order valence-corrected chi connectivity index (χ2v) is 6.48. The highest BCUT2D eigenvalue weighted by Crippen LogP contribution is 2.31. The zero-order chi connectivity index (χ0) is 19.1. The lowest BCUT2D eigenvalue weighted by atomic mass is 10.2. The summed E-state index contributed by atoms with van der Waals surface area (Å²) < 4.78 is 11.2. The van der Waals surface area contributed by atoms with Gasteiger partial charge < -0.3 is 30.1 Å². The second-order valence-electron chi connectivity index (χ2n) is 6.48. The number of hydrogen-bond acceptors (Lipinski definition) is 8. The van der Waals surface area contributed by atoms with E-state index in [1.165, 1.54) is 12.8 Å². The smallest absolute Gasteiger partial charge is 0.229 e. The Morgan fingerprint density at radius 1 is 1.22 bits per heavy atom. The number of aromatic nitrogens is 2. The van der Waals surface area contributed by atoms with Crippen molar-refractivity contribution >= 4 is 17.5 Å². The zero-order valence-electron chi connectivity index (χ0n) is 15.8.